The van der Waals surface area contributed by atoms with E-state index in [9.17, 15) is 18.0 Å². The van der Waals surface area contributed by atoms with Crippen molar-refractivity contribution >= 4 is 17.4 Å². The van der Waals surface area contributed by atoms with Crippen LogP contribution in [0.1, 0.15) is 40.9 Å². The molecule has 33 heavy (non-hydrogen) atoms. The number of amides is 1. The molecule has 2 heterocycles. The third-order valence-electron chi connectivity index (χ3n) is 5.54. The molecule has 0 radical (unpaired) electrons. The molecule has 10 heteroatoms. The molecule has 7 nitrogen and oxygen atoms in total. The van der Waals surface area contributed by atoms with Crippen molar-refractivity contribution in [2.45, 2.75) is 38.1 Å². The number of halogens is 3. The maximum absolute atomic E-state index is 12.7. The van der Waals surface area contributed by atoms with Gasteiger partial charge in [-0.1, -0.05) is 6.07 Å². The molecular weight excluding hydrogens is 435 g/mol. The number of rotatable bonds is 7. The summed E-state index contributed by atoms with van der Waals surface area (Å²) in [6.07, 6.45) is 4.94. The molecule has 1 saturated carbocycles. The number of nitrogens with one attached hydrogen (secondary N) is 2. The summed E-state index contributed by atoms with van der Waals surface area (Å²) in [6, 6.07) is 5.35. The van der Waals surface area contributed by atoms with Gasteiger partial charge in [0, 0.05) is 31.0 Å². The minimum absolute atomic E-state index is 0.169. The summed E-state index contributed by atoms with van der Waals surface area (Å²) in [5, 5.41) is 5.59. The Balaban J connectivity index is 1.64. The minimum atomic E-state index is -4.29. The largest absolute Gasteiger partial charge is 0.390 e. The summed E-state index contributed by atoms with van der Waals surface area (Å²) in [5.74, 6) is 2.37. The van der Waals surface area contributed by atoms with E-state index in [1.54, 1.807) is 36.0 Å². The zero-order chi connectivity index (χ0) is 23.8. The van der Waals surface area contributed by atoms with Crippen LogP contribution in [-0.4, -0.2) is 45.8 Å². The standard InChI is InChI=1S/C23H22F3N5O2/c1-4-16-13-31-18(12-28-20(31)19(29-16)27-10-9-23(24,25)26)15-5-6-17(14(2)11-15)21(32)30-22(33-3)7-8-22/h1,5-6,11-13H,7-10H2,2-3H3,(H,27,29)(H,30,32). The summed E-state index contributed by atoms with van der Waals surface area (Å²) in [6.45, 7) is 1.47. The normalized spacial score (nSPS) is 14.7. The Labute approximate surface area is 188 Å². The van der Waals surface area contributed by atoms with Gasteiger partial charge in [-0.3, -0.25) is 9.20 Å². The fourth-order valence-electron chi connectivity index (χ4n) is 3.56. The predicted octanol–water partition coefficient (Wildman–Crippen LogP) is 3.92. The lowest BCUT2D eigenvalue weighted by atomic mass is 10.0. The van der Waals surface area contributed by atoms with Crippen LogP contribution in [0.5, 0.6) is 0 Å². The summed E-state index contributed by atoms with van der Waals surface area (Å²) >= 11 is 0. The SMILES string of the molecule is C#Cc1cn2c(-c3ccc(C(=O)NC4(OC)CC4)c(C)c3)cnc2c(NCCC(F)(F)F)n1. The number of hydrogen-bond donors (Lipinski definition) is 2. The molecule has 1 amide bonds. The van der Waals surface area contributed by atoms with E-state index in [0.717, 1.165) is 24.0 Å². The number of alkyl halides is 3. The summed E-state index contributed by atoms with van der Waals surface area (Å²) < 4.78 is 44.6. The van der Waals surface area contributed by atoms with Crippen LogP contribution < -0.4 is 10.6 Å². The molecule has 1 fully saturated rings. The first kappa shape index (κ1) is 22.6. The van der Waals surface area contributed by atoms with Crippen molar-refractivity contribution in [1.82, 2.24) is 19.7 Å². The highest BCUT2D eigenvalue weighted by Gasteiger charge is 2.44. The molecule has 0 unspecified atom stereocenters. The van der Waals surface area contributed by atoms with Gasteiger partial charge in [0.2, 0.25) is 0 Å². The summed E-state index contributed by atoms with van der Waals surface area (Å²) in [7, 11) is 1.57. The number of anilines is 1. The van der Waals surface area contributed by atoms with Crippen molar-refractivity contribution < 1.29 is 22.7 Å². The molecule has 0 bridgehead atoms. The number of aryl methyl sites for hydroxylation is 1. The van der Waals surface area contributed by atoms with Crippen LogP contribution in [0, 0.1) is 19.3 Å². The molecular formula is C23H22F3N5O2. The first-order valence-electron chi connectivity index (χ1n) is 10.3. The third kappa shape index (κ3) is 4.78. The molecule has 0 spiro atoms. The number of nitrogens with zero attached hydrogens (tertiary/aromatic N) is 3. The van der Waals surface area contributed by atoms with Gasteiger partial charge in [0.25, 0.3) is 5.91 Å². The van der Waals surface area contributed by atoms with Gasteiger partial charge in [-0.05, 0) is 43.4 Å². The Morgan fingerprint density at radius 1 is 1.36 bits per heavy atom. The third-order valence-corrected chi connectivity index (χ3v) is 5.54. The molecule has 0 aliphatic heterocycles. The summed E-state index contributed by atoms with van der Waals surface area (Å²) in [5.41, 5.74) is 2.73. The Morgan fingerprint density at radius 3 is 2.73 bits per heavy atom. The molecule has 0 atom stereocenters. The van der Waals surface area contributed by atoms with Crippen molar-refractivity contribution in [3.05, 3.63) is 47.4 Å². The fourth-order valence-corrected chi connectivity index (χ4v) is 3.56. The average molecular weight is 457 g/mol. The number of benzene rings is 1. The first-order valence-corrected chi connectivity index (χ1v) is 10.3. The van der Waals surface area contributed by atoms with Crippen LogP contribution in [0.25, 0.3) is 16.9 Å². The number of imidazole rings is 1. The van der Waals surface area contributed by atoms with Crippen LogP contribution in [-0.2, 0) is 4.74 Å². The monoisotopic (exact) mass is 457 g/mol. The van der Waals surface area contributed by atoms with Gasteiger partial charge in [-0.15, -0.1) is 6.42 Å². The molecule has 1 aromatic carbocycles. The van der Waals surface area contributed by atoms with E-state index in [4.69, 9.17) is 11.2 Å². The number of methoxy groups -OCH3 is 1. The van der Waals surface area contributed by atoms with Gasteiger partial charge in [0.15, 0.2) is 11.5 Å². The molecule has 1 aliphatic carbocycles. The lowest BCUT2D eigenvalue weighted by Crippen LogP contribution is -2.38. The average Bonchev–Trinajstić information content (AvgIpc) is 3.40. The highest BCUT2D eigenvalue weighted by Crippen LogP contribution is 2.36. The van der Waals surface area contributed by atoms with Gasteiger partial charge >= 0.3 is 6.18 Å². The number of hydrogen-bond acceptors (Lipinski definition) is 5. The Kier molecular flexibility index (Phi) is 5.76. The second-order valence-electron chi connectivity index (χ2n) is 7.93. The lowest BCUT2D eigenvalue weighted by molar-refractivity contribution is -0.131. The van der Waals surface area contributed by atoms with Crippen LogP contribution in [0.4, 0.5) is 19.0 Å². The van der Waals surface area contributed by atoms with E-state index in [0.29, 0.717) is 16.9 Å². The number of ether oxygens (including phenoxy) is 1. The Morgan fingerprint density at radius 2 is 2.12 bits per heavy atom. The van der Waals surface area contributed by atoms with Crippen LogP contribution in [0.3, 0.4) is 0 Å². The van der Waals surface area contributed by atoms with Crippen molar-refractivity contribution in [3.8, 4) is 23.6 Å². The van der Waals surface area contributed by atoms with Crippen LogP contribution in [0.2, 0.25) is 0 Å². The topological polar surface area (TPSA) is 80.5 Å². The zero-order valence-electron chi connectivity index (χ0n) is 18.1. The van der Waals surface area contributed by atoms with Crippen molar-refractivity contribution in [2.75, 3.05) is 19.0 Å². The van der Waals surface area contributed by atoms with Gasteiger partial charge < -0.3 is 15.4 Å². The van der Waals surface area contributed by atoms with Gasteiger partial charge in [-0.2, -0.15) is 13.2 Å². The molecule has 2 aromatic heterocycles. The van der Waals surface area contributed by atoms with E-state index < -0.39 is 18.3 Å². The molecule has 1 aliphatic rings. The van der Waals surface area contributed by atoms with E-state index in [2.05, 4.69) is 26.5 Å². The highest BCUT2D eigenvalue weighted by atomic mass is 19.4. The molecule has 0 saturated heterocycles. The summed E-state index contributed by atoms with van der Waals surface area (Å²) in [4.78, 5) is 21.2. The Hall–Kier alpha value is -3.58. The van der Waals surface area contributed by atoms with E-state index >= 15 is 0 Å². The van der Waals surface area contributed by atoms with Gasteiger partial charge in [0.05, 0.1) is 18.3 Å². The number of carbonyl (C=O) groups excluding carboxylic acids is 1. The quantitative estimate of drug-likeness (QED) is 0.415. The maximum atomic E-state index is 12.7. The van der Waals surface area contributed by atoms with Crippen molar-refractivity contribution in [1.29, 1.82) is 0 Å². The minimum Gasteiger partial charge on any atom is -0.367 e. The highest BCUT2D eigenvalue weighted by molar-refractivity contribution is 5.96. The van der Waals surface area contributed by atoms with Gasteiger partial charge in [-0.25, -0.2) is 9.97 Å². The Bertz CT molecular complexity index is 1260. The molecule has 172 valence electrons. The lowest BCUT2D eigenvalue weighted by Gasteiger charge is -2.16. The van der Waals surface area contributed by atoms with Crippen molar-refractivity contribution in [3.63, 3.8) is 0 Å². The van der Waals surface area contributed by atoms with Gasteiger partial charge in [0.1, 0.15) is 11.4 Å². The second-order valence-corrected chi connectivity index (χ2v) is 7.93. The number of aromatic nitrogens is 3. The molecule has 3 aromatic rings. The van der Waals surface area contributed by atoms with Crippen molar-refractivity contribution in [2.24, 2.45) is 0 Å². The number of carbonyl (C=O) groups is 1. The number of terminal acetylenes is 1. The molecule has 4 rings (SSSR count). The number of fused-ring (bicyclic) bond motifs is 1. The predicted molar refractivity (Wildman–Crippen MR) is 117 cm³/mol. The maximum Gasteiger partial charge on any atom is 0.390 e. The second kappa shape index (κ2) is 8.41. The first-order chi connectivity index (χ1) is 15.6. The van der Waals surface area contributed by atoms with E-state index in [-0.39, 0.29) is 24.0 Å². The van der Waals surface area contributed by atoms with Crippen LogP contribution >= 0.6 is 0 Å². The van der Waals surface area contributed by atoms with E-state index in [1.165, 1.54) is 0 Å². The zero-order valence-corrected chi connectivity index (χ0v) is 18.1. The fraction of sp³-hybridized carbons (Fsp3) is 0.348. The smallest absolute Gasteiger partial charge is 0.367 e. The van der Waals surface area contributed by atoms with E-state index in [1.807, 2.05) is 13.0 Å². The van der Waals surface area contributed by atoms with Crippen LogP contribution in [0.15, 0.2) is 30.6 Å². The molecule has 2 N–H and O–H groups in total.